The van der Waals surface area contributed by atoms with E-state index in [9.17, 15) is 23.1 Å². The van der Waals surface area contributed by atoms with E-state index in [0.717, 1.165) is 43.5 Å². The third kappa shape index (κ3) is 6.02. The van der Waals surface area contributed by atoms with Crippen LogP contribution in [0.25, 0.3) is 11.2 Å². The minimum Gasteiger partial charge on any atom is -0.475 e. The minimum atomic E-state index is -4.45. The Labute approximate surface area is 241 Å². The minimum absolute atomic E-state index is 0.0237. The van der Waals surface area contributed by atoms with Crippen LogP contribution in [0.1, 0.15) is 79.9 Å². The van der Waals surface area contributed by atoms with E-state index in [1.165, 1.54) is 12.1 Å². The average molecular weight is 582 g/mol. The summed E-state index contributed by atoms with van der Waals surface area (Å²) < 4.78 is 41.7. The van der Waals surface area contributed by atoms with Crippen molar-refractivity contribution in [3.8, 4) is 0 Å². The summed E-state index contributed by atoms with van der Waals surface area (Å²) in [5, 5.41) is 13.2. The van der Waals surface area contributed by atoms with Crippen LogP contribution >= 0.6 is 0 Å². The average Bonchev–Trinajstić information content (AvgIpc) is 3.28. The molecule has 0 radical (unpaired) electrons. The van der Waals surface area contributed by atoms with E-state index < -0.39 is 17.7 Å². The zero-order valence-corrected chi connectivity index (χ0v) is 23.8. The van der Waals surface area contributed by atoms with Crippen molar-refractivity contribution in [3.63, 3.8) is 0 Å². The molecule has 1 saturated carbocycles. The van der Waals surface area contributed by atoms with Crippen molar-refractivity contribution in [1.82, 2.24) is 24.5 Å². The fourth-order valence-electron chi connectivity index (χ4n) is 5.34. The molecule has 1 aromatic carbocycles. The summed E-state index contributed by atoms with van der Waals surface area (Å²) in [6.07, 6.45) is 1.32. The highest BCUT2D eigenvalue weighted by molar-refractivity contribution is 5.91. The van der Waals surface area contributed by atoms with Crippen LogP contribution in [0, 0.1) is 5.92 Å². The van der Waals surface area contributed by atoms with Crippen molar-refractivity contribution >= 4 is 28.9 Å². The third-order valence-electron chi connectivity index (χ3n) is 7.92. The molecule has 1 aliphatic carbocycles. The number of rotatable bonds is 11. The first-order valence-corrected chi connectivity index (χ1v) is 14.2. The lowest BCUT2D eigenvalue weighted by Crippen LogP contribution is -2.32. The number of imidazole rings is 1. The fourth-order valence-corrected chi connectivity index (χ4v) is 5.34. The van der Waals surface area contributed by atoms with Gasteiger partial charge in [-0.15, -0.1) is 0 Å². The molecule has 5 rings (SSSR count). The van der Waals surface area contributed by atoms with E-state index in [1.54, 1.807) is 6.20 Å². The normalized spacial score (nSPS) is 15.3. The summed E-state index contributed by atoms with van der Waals surface area (Å²) in [5.41, 5.74) is 1.39. The van der Waals surface area contributed by atoms with Gasteiger partial charge in [0.25, 0.3) is 0 Å². The molecule has 1 aliphatic rings. The summed E-state index contributed by atoms with van der Waals surface area (Å²) in [4.78, 5) is 32.1. The number of aromatic carboxylic acids is 1. The van der Waals surface area contributed by atoms with Crippen molar-refractivity contribution in [3.05, 3.63) is 71.3 Å². The number of fused-ring (bicyclic) bond motifs is 1. The van der Waals surface area contributed by atoms with E-state index in [-0.39, 0.29) is 30.1 Å². The second-order valence-electron chi connectivity index (χ2n) is 10.8. The molecular formula is C30H34F3N7O2. The summed E-state index contributed by atoms with van der Waals surface area (Å²) in [6, 6.07) is 10.5. The number of carboxylic acids is 1. The highest BCUT2D eigenvalue weighted by Gasteiger charge is 2.31. The number of halogens is 3. The number of carbonyl (C=O) groups is 1. The largest absolute Gasteiger partial charge is 0.475 e. The molecule has 9 nitrogen and oxygen atoms in total. The van der Waals surface area contributed by atoms with Crippen LogP contribution in [0.3, 0.4) is 0 Å². The van der Waals surface area contributed by atoms with Gasteiger partial charge in [-0.05, 0) is 68.9 Å². The smallest absolute Gasteiger partial charge is 0.416 e. The van der Waals surface area contributed by atoms with E-state index in [2.05, 4.69) is 25.2 Å². The van der Waals surface area contributed by atoms with E-state index in [0.29, 0.717) is 35.3 Å². The lowest BCUT2D eigenvalue weighted by atomic mass is 9.80. The molecule has 12 heteroatoms. The predicted octanol–water partition coefficient (Wildman–Crippen LogP) is 6.56. The van der Waals surface area contributed by atoms with Crippen LogP contribution < -0.4 is 10.2 Å². The molecule has 3 heterocycles. The molecule has 0 aliphatic heterocycles. The number of nitrogens with zero attached hydrogens (tertiary/aromatic N) is 6. The highest BCUT2D eigenvalue weighted by Crippen LogP contribution is 2.36. The van der Waals surface area contributed by atoms with Crippen molar-refractivity contribution < 1.29 is 23.1 Å². The predicted molar refractivity (Wildman–Crippen MR) is 154 cm³/mol. The van der Waals surface area contributed by atoms with Crippen molar-refractivity contribution in [2.75, 3.05) is 16.8 Å². The van der Waals surface area contributed by atoms with Crippen molar-refractivity contribution in [1.29, 1.82) is 0 Å². The zero-order chi connectivity index (χ0) is 30.0. The molecule has 2 N–H and O–H groups in total. The summed E-state index contributed by atoms with van der Waals surface area (Å²) >= 11 is 0. The topological polar surface area (TPSA) is 109 Å². The lowest BCUT2D eigenvalue weighted by molar-refractivity contribution is -0.137. The van der Waals surface area contributed by atoms with Crippen LogP contribution in [0.2, 0.25) is 0 Å². The number of anilines is 2. The van der Waals surface area contributed by atoms with Gasteiger partial charge in [0, 0.05) is 18.8 Å². The van der Waals surface area contributed by atoms with Crippen LogP contribution in [-0.2, 0) is 12.7 Å². The maximum atomic E-state index is 13.3. The Hall–Kier alpha value is -4.22. The van der Waals surface area contributed by atoms with Gasteiger partial charge >= 0.3 is 12.1 Å². The number of benzene rings is 1. The van der Waals surface area contributed by atoms with Crippen LogP contribution in [-0.4, -0.2) is 48.2 Å². The van der Waals surface area contributed by atoms with Gasteiger partial charge in [-0.1, -0.05) is 31.5 Å². The molecule has 0 saturated heterocycles. The first-order chi connectivity index (χ1) is 20.1. The summed E-state index contributed by atoms with van der Waals surface area (Å²) in [6.45, 7) is 6.85. The molecule has 1 unspecified atom stereocenters. The van der Waals surface area contributed by atoms with Gasteiger partial charge < -0.3 is 19.9 Å². The Balaban J connectivity index is 1.69. The zero-order valence-electron chi connectivity index (χ0n) is 23.8. The monoisotopic (exact) mass is 581 g/mol. The van der Waals surface area contributed by atoms with Crippen molar-refractivity contribution in [2.45, 2.75) is 71.3 Å². The molecule has 4 aromatic rings. The number of aromatic nitrogens is 5. The fraction of sp³-hybridized carbons (Fsp3) is 0.433. The van der Waals surface area contributed by atoms with Gasteiger partial charge in [0.1, 0.15) is 5.52 Å². The number of hydrogen-bond acceptors (Lipinski definition) is 7. The summed E-state index contributed by atoms with van der Waals surface area (Å²) in [5.74, 6) is -0.390. The number of carboxylic acid groups (broad SMARTS) is 1. The number of hydrogen-bond donors (Lipinski definition) is 2. The molecule has 0 spiro atoms. The number of pyridine rings is 1. The molecule has 3 aromatic heterocycles. The quantitative estimate of drug-likeness (QED) is 0.205. The van der Waals surface area contributed by atoms with Crippen LogP contribution in [0.4, 0.5) is 24.9 Å². The Morgan fingerprint density at radius 2 is 1.86 bits per heavy atom. The van der Waals surface area contributed by atoms with E-state index >= 15 is 0 Å². The molecule has 0 bridgehead atoms. The second kappa shape index (κ2) is 11.9. The Kier molecular flexibility index (Phi) is 8.33. The first-order valence-electron chi connectivity index (χ1n) is 14.2. The Morgan fingerprint density at radius 1 is 1.12 bits per heavy atom. The maximum Gasteiger partial charge on any atom is 0.416 e. The standard InChI is InChI=1S/C30H34F3N7O2/c1-4-16-39(19(3)23-10-5-6-15-34-23)29-38-26-24(40(29)17-20-11-13-22(14-12-20)30(31,32)33)25(36-27(37-26)28(41)42)35-18(2)21-8-7-9-21/h5-6,10-15,18-19,21H,4,7-9,16-17H2,1-3H3,(H,41,42)(H,35,36,37)/t18-,19?/m1/s1. The molecule has 0 amide bonds. The van der Waals surface area contributed by atoms with Gasteiger partial charge in [0.05, 0.1) is 23.8 Å². The number of nitrogens with one attached hydrogen (secondary N) is 1. The van der Waals surface area contributed by atoms with Gasteiger partial charge in [-0.25, -0.2) is 14.8 Å². The van der Waals surface area contributed by atoms with E-state index in [1.807, 2.05) is 43.5 Å². The van der Waals surface area contributed by atoms with Crippen LogP contribution in [0.15, 0.2) is 48.7 Å². The van der Waals surface area contributed by atoms with Crippen LogP contribution in [0.5, 0.6) is 0 Å². The van der Waals surface area contributed by atoms with Crippen molar-refractivity contribution in [2.24, 2.45) is 5.92 Å². The maximum absolute atomic E-state index is 13.3. The van der Waals surface area contributed by atoms with Gasteiger partial charge in [-0.3, -0.25) is 4.98 Å². The van der Waals surface area contributed by atoms with Gasteiger partial charge in [0.15, 0.2) is 11.5 Å². The lowest BCUT2D eigenvalue weighted by Gasteiger charge is -2.32. The number of alkyl halides is 3. The molecule has 42 heavy (non-hydrogen) atoms. The molecule has 1 fully saturated rings. The Bertz CT molecular complexity index is 1540. The second-order valence-corrected chi connectivity index (χ2v) is 10.8. The highest BCUT2D eigenvalue weighted by atomic mass is 19.4. The molecule has 222 valence electrons. The SMILES string of the molecule is CCCN(c1nc2nc(C(=O)O)nc(N[C@H](C)C3CCC3)c2n1Cc1ccc(C(F)(F)F)cc1)C(C)c1ccccn1. The Morgan fingerprint density at radius 3 is 2.43 bits per heavy atom. The molecule has 2 atom stereocenters. The summed E-state index contributed by atoms with van der Waals surface area (Å²) in [7, 11) is 0. The molecular weight excluding hydrogens is 547 g/mol. The van der Waals surface area contributed by atoms with Gasteiger partial charge in [0.2, 0.25) is 11.8 Å². The third-order valence-corrected chi connectivity index (χ3v) is 7.92. The van der Waals surface area contributed by atoms with E-state index in [4.69, 9.17) is 4.98 Å². The van der Waals surface area contributed by atoms with Gasteiger partial charge in [-0.2, -0.15) is 18.2 Å². The first kappa shape index (κ1) is 29.3.